The second-order valence-electron chi connectivity index (χ2n) is 4.36. The van der Waals surface area contributed by atoms with Crippen LogP contribution in [0.2, 0.25) is 5.02 Å². The van der Waals surface area contributed by atoms with E-state index >= 15 is 0 Å². The van der Waals surface area contributed by atoms with Crippen LogP contribution in [0.25, 0.3) is 0 Å². The minimum absolute atomic E-state index is 0.00932. The van der Waals surface area contributed by atoms with Crippen LogP contribution in [0, 0.1) is 18.3 Å². The van der Waals surface area contributed by atoms with Crippen LogP contribution in [0.5, 0.6) is 5.75 Å². The topological polar surface area (TPSA) is 62.1 Å². The van der Waals surface area contributed by atoms with E-state index in [4.69, 9.17) is 21.6 Å². The molecule has 0 saturated carbocycles. The molecule has 106 valence electrons. The van der Waals surface area contributed by atoms with E-state index in [2.05, 4.69) is 5.32 Å². The Bertz CT molecular complexity index is 690. The lowest BCUT2D eigenvalue weighted by atomic mass is 10.1. The number of benzene rings is 2. The lowest BCUT2D eigenvalue weighted by Crippen LogP contribution is -2.12. The summed E-state index contributed by atoms with van der Waals surface area (Å²) in [7, 11) is 0. The number of carbonyl (C=O) groups is 1. The number of aryl methyl sites for hydroxylation is 1. The molecular formula is C16H13ClN2O2. The maximum absolute atomic E-state index is 12.2. The van der Waals surface area contributed by atoms with E-state index in [0.717, 1.165) is 5.56 Å². The highest BCUT2D eigenvalue weighted by molar-refractivity contribution is 6.35. The molecule has 2 rings (SSSR count). The van der Waals surface area contributed by atoms with Crippen molar-refractivity contribution in [2.45, 2.75) is 6.92 Å². The van der Waals surface area contributed by atoms with Gasteiger partial charge in [0.05, 0.1) is 10.6 Å². The molecule has 0 aliphatic rings. The van der Waals surface area contributed by atoms with Gasteiger partial charge in [-0.2, -0.15) is 5.26 Å². The molecule has 0 bridgehead atoms. The number of halogens is 1. The number of hydrogen-bond donors (Lipinski definition) is 1. The molecule has 5 heteroatoms. The first kappa shape index (κ1) is 14.9. The maximum atomic E-state index is 12.2. The molecule has 0 saturated heterocycles. The van der Waals surface area contributed by atoms with Crippen LogP contribution in [-0.4, -0.2) is 12.5 Å². The standard InChI is InChI=1S/C16H13ClN2O2/c1-11-3-2-4-14(15(11)17)16(20)19-12-5-7-13(8-6-12)21-10-9-18/h2-8H,10H2,1H3,(H,19,20). The molecule has 0 atom stereocenters. The van der Waals surface area contributed by atoms with Crippen molar-refractivity contribution in [1.29, 1.82) is 5.26 Å². The van der Waals surface area contributed by atoms with Gasteiger partial charge in [-0.3, -0.25) is 4.79 Å². The first-order valence-corrected chi connectivity index (χ1v) is 6.66. The number of hydrogen-bond acceptors (Lipinski definition) is 3. The van der Waals surface area contributed by atoms with Gasteiger partial charge in [0.15, 0.2) is 6.61 Å². The number of carbonyl (C=O) groups excluding carboxylic acids is 1. The van der Waals surface area contributed by atoms with Gasteiger partial charge < -0.3 is 10.1 Å². The highest BCUT2D eigenvalue weighted by Gasteiger charge is 2.11. The molecule has 0 aliphatic heterocycles. The summed E-state index contributed by atoms with van der Waals surface area (Å²) in [5, 5.41) is 11.6. The molecule has 0 fully saturated rings. The van der Waals surface area contributed by atoms with Crippen LogP contribution in [0.3, 0.4) is 0 Å². The van der Waals surface area contributed by atoms with Gasteiger partial charge in [-0.05, 0) is 42.8 Å². The minimum atomic E-state index is -0.269. The Hall–Kier alpha value is -2.51. The van der Waals surface area contributed by atoms with Crippen LogP contribution in [-0.2, 0) is 0 Å². The third-order valence-corrected chi connectivity index (χ3v) is 3.35. The molecule has 0 heterocycles. The van der Waals surface area contributed by atoms with Crippen molar-refractivity contribution in [3.8, 4) is 11.8 Å². The predicted molar refractivity (Wildman–Crippen MR) is 81.7 cm³/mol. The molecule has 0 radical (unpaired) electrons. The molecule has 2 aromatic carbocycles. The van der Waals surface area contributed by atoms with Gasteiger partial charge in [-0.25, -0.2) is 0 Å². The molecule has 0 unspecified atom stereocenters. The normalized spacial score (nSPS) is 9.76. The zero-order valence-corrected chi connectivity index (χ0v) is 12.1. The van der Waals surface area contributed by atoms with Crippen LogP contribution < -0.4 is 10.1 Å². The van der Waals surface area contributed by atoms with Crippen molar-refractivity contribution in [1.82, 2.24) is 0 Å². The summed E-state index contributed by atoms with van der Waals surface area (Å²) >= 11 is 6.13. The first-order valence-electron chi connectivity index (χ1n) is 6.28. The van der Waals surface area contributed by atoms with Gasteiger partial charge in [0.2, 0.25) is 0 Å². The van der Waals surface area contributed by atoms with E-state index in [-0.39, 0.29) is 12.5 Å². The van der Waals surface area contributed by atoms with Crippen molar-refractivity contribution < 1.29 is 9.53 Å². The highest BCUT2D eigenvalue weighted by Crippen LogP contribution is 2.22. The minimum Gasteiger partial charge on any atom is -0.479 e. The van der Waals surface area contributed by atoms with E-state index in [1.165, 1.54) is 0 Å². The van der Waals surface area contributed by atoms with Crippen LogP contribution in [0.4, 0.5) is 5.69 Å². The van der Waals surface area contributed by atoms with E-state index in [0.29, 0.717) is 22.0 Å². The summed E-state index contributed by atoms with van der Waals surface area (Å²) in [6.45, 7) is 1.84. The van der Waals surface area contributed by atoms with Crippen molar-refractivity contribution in [2.75, 3.05) is 11.9 Å². The number of nitrogens with zero attached hydrogens (tertiary/aromatic N) is 1. The van der Waals surface area contributed by atoms with Gasteiger partial charge in [0, 0.05) is 5.69 Å². The Morgan fingerprint density at radius 3 is 2.67 bits per heavy atom. The third-order valence-electron chi connectivity index (χ3n) is 2.85. The molecule has 0 aromatic heterocycles. The third kappa shape index (κ3) is 3.74. The van der Waals surface area contributed by atoms with Gasteiger partial charge in [0.1, 0.15) is 11.8 Å². The number of nitriles is 1. The summed E-state index contributed by atoms with van der Waals surface area (Å²) in [6, 6.07) is 14.0. The molecule has 4 nitrogen and oxygen atoms in total. The first-order chi connectivity index (χ1) is 10.1. The molecular weight excluding hydrogens is 288 g/mol. The fraction of sp³-hybridized carbons (Fsp3) is 0.125. The fourth-order valence-electron chi connectivity index (χ4n) is 1.77. The van der Waals surface area contributed by atoms with E-state index in [9.17, 15) is 4.79 Å². The summed E-state index contributed by atoms with van der Waals surface area (Å²) in [6.07, 6.45) is 0. The largest absolute Gasteiger partial charge is 0.479 e. The van der Waals surface area contributed by atoms with Crippen molar-refractivity contribution >= 4 is 23.2 Å². The summed E-state index contributed by atoms with van der Waals surface area (Å²) in [5.74, 6) is 0.303. The van der Waals surface area contributed by atoms with Crippen LogP contribution >= 0.6 is 11.6 Å². The summed E-state index contributed by atoms with van der Waals surface area (Å²) < 4.78 is 5.14. The highest BCUT2D eigenvalue weighted by atomic mass is 35.5. The van der Waals surface area contributed by atoms with Gasteiger partial charge in [-0.15, -0.1) is 0 Å². The van der Waals surface area contributed by atoms with Crippen molar-refractivity contribution in [3.63, 3.8) is 0 Å². The van der Waals surface area contributed by atoms with E-state index in [1.54, 1.807) is 36.4 Å². The molecule has 0 aliphatic carbocycles. The molecule has 1 amide bonds. The Morgan fingerprint density at radius 1 is 1.29 bits per heavy atom. The summed E-state index contributed by atoms with van der Waals surface area (Å²) in [4.78, 5) is 12.2. The average molecular weight is 301 g/mol. The fourth-order valence-corrected chi connectivity index (χ4v) is 1.98. The van der Waals surface area contributed by atoms with Crippen LogP contribution in [0.15, 0.2) is 42.5 Å². The lowest BCUT2D eigenvalue weighted by molar-refractivity contribution is 0.102. The smallest absolute Gasteiger partial charge is 0.257 e. The number of amides is 1. The predicted octanol–water partition coefficient (Wildman–Crippen LogP) is 3.80. The van der Waals surface area contributed by atoms with Crippen molar-refractivity contribution in [2.24, 2.45) is 0 Å². The zero-order valence-electron chi connectivity index (χ0n) is 11.4. The lowest BCUT2D eigenvalue weighted by Gasteiger charge is -2.09. The van der Waals surface area contributed by atoms with Crippen LogP contribution in [0.1, 0.15) is 15.9 Å². The Morgan fingerprint density at radius 2 is 2.00 bits per heavy atom. The van der Waals surface area contributed by atoms with Gasteiger partial charge >= 0.3 is 0 Å². The van der Waals surface area contributed by atoms with E-state index < -0.39 is 0 Å². The number of ether oxygens (including phenoxy) is 1. The maximum Gasteiger partial charge on any atom is 0.257 e. The number of nitrogens with one attached hydrogen (secondary N) is 1. The van der Waals surface area contributed by atoms with Gasteiger partial charge in [0.25, 0.3) is 5.91 Å². The second-order valence-corrected chi connectivity index (χ2v) is 4.74. The molecule has 21 heavy (non-hydrogen) atoms. The average Bonchev–Trinajstić information content (AvgIpc) is 2.49. The molecule has 2 aromatic rings. The Kier molecular flexibility index (Phi) is 4.81. The number of rotatable bonds is 4. The quantitative estimate of drug-likeness (QED) is 0.934. The second kappa shape index (κ2) is 6.78. The number of anilines is 1. The van der Waals surface area contributed by atoms with Crippen molar-refractivity contribution in [3.05, 3.63) is 58.6 Å². The Balaban J connectivity index is 2.09. The SMILES string of the molecule is Cc1cccc(C(=O)Nc2ccc(OCC#N)cc2)c1Cl. The Labute approximate surface area is 127 Å². The van der Waals surface area contributed by atoms with Gasteiger partial charge in [-0.1, -0.05) is 23.7 Å². The summed E-state index contributed by atoms with van der Waals surface area (Å²) in [5.41, 5.74) is 1.91. The molecule has 1 N–H and O–H groups in total. The zero-order chi connectivity index (χ0) is 15.2. The molecule has 0 spiro atoms. The monoisotopic (exact) mass is 300 g/mol. The van der Waals surface area contributed by atoms with E-state index in [1.807, 2.05) is 19.1 Å².